The highest BCUT2D eigenvalue weighted by Gasteiger charge is 2.29. The van der Waals surface area contributed by atoms with E-state index in [1.54, 1.807) is 0 Å². The predicted molar refractivity (Wildman–Crippen MR) is 80.8 cm³/mol. The standard InChI is InChI=1S/C17H27NO/c1-4-19-16-7-5-6-14(11-16)17-10-13(2)8-9-15(17)12-18-3/h5-7,11,13,15,17-18H,4,8-10,12H2,1-3H3. The van der Waals surface area contributed by atoms with Crippen molar-refractivity contribution >= 4 is 0 Å². The Morgan fingerprint density at radius 3 is 2.89 bits per heavy atom. The van der Waals surface area contributed by atoms with Crippen molar-refractivity contribution in [2.45, 2.75) is 39.0 Å². The van der Waals surface area contributed by atoms with Gasteiger partial charge in [0.05, 0.1) is 6.61 Å². The SMILES string of the molecule is CCOc1cccc(C2CC(C)CCC2CNC)c1. The topological polar surface area (TPSA) is 21.3 Å². The van der Waals surface area contributed by atoms with E-state index in [9.17, 15) is 0 Å². The Hall–Kier alpha value is -1.02. The van der Waals surface area contributed by atoms with E-state index in [4.69, 9.17) is 4.74 Å². The van der Waals surface area contributed by atoms with E-state index in [1.165, 1.54) is 24.8 Å². The van der Waals surface area contributed by atoms with Crippen LogP contribution in [-0.2, 0) is 0 Å². The molecule has 1 fully saturated rings. The molecule has 1 aliphatic carbocycles. The van der Waals surface area contributed by atoms with Crippen LogP contribution >= 0.6 is 0 Å². The van der Waals surface area contributed by atoms with Crippen molar-refractivity contribution < 1.29 is 4.74 Å². The Kier molecular flexibility index (Phi) is 5.26. The lowest BCUT2D eigenvalue weighted by atomic mass is 9.71. The lowest BCUT2D eigenvalue weighted by Crippen LogP contribution is -2.29. The Morgan fingerprint density at radius 2 is 2.16 bits per heavy atom. The second-order valence-electron chi connectivity index (χ2n) is 5.85. The molecule has 3 atom stereocenters. The molecule has 0 amide bonds. The van der Waals surface area contributed by atoms with E-state index < -0.39 is 0 Å². The molecule has 0 heterocycles. The molecule has 1 aromatic carbocycles. The van der Waals surface area contributed by atoms with Crippen molar-refractivity contribution in [3.8, 4) is 5.75 Å². The molecule has 2 heteroatoms. The molecule has 2 nitrogen and oxygen atoms in total. The van der Waals surface area contributed by atoms with Crippen LogP contribution in [0.15, 0.2) is 24.3 Å². The highest BCUT2D eigenvalue weighted by atomic mass is 16.5. The number of nitrogens with one attached hydrogen (secondary N) is 1. The lowest BCUT2D eigenvalue weighted by Gasteiger charge is -2.35. The molecular weight excluding hydrogens is 234 g/mol. The first-order chi connectivity index (χ1) is 9.24. The minimum Gasteiger partial charge on any atom is -0.494 e. The number of rotatable bonds is 5. The highest BCUT2D eigenvalue weighted by Crippen LogP contribution is 2.40. The van der Waals surface area contributed by atoms with E-state index in [2.05, 4.69) is 43.6 Å². The van der Waals surface area contributed by atoms with E-state index in [1.807, 2.05) is 6.92 Å². The van der Waals surface area contributed by atoms with Gasteiger partial charge in [-0.25, -0.2) is 0 Å². The van der Waals surface area contributed by atoms with Gasteiger partial charge in [0.15, 0.2) is 0 Å². The van der Waals surface area contributed by atoms with Gasteiger partial charge in [-0.2, -0.15) is 0 Å². The normalized spacial score (nSPS) is 27.2. The van der Waals surface area contributed by atoms with Crippen molar-refractivity contribution in [2.24, 2.45) is 11.8 Å². The molecule has 0 radical (unpaired) electrons. The molecule has 1 N–H and O–H groups in total. The summed E-state index contributed by atoms with van der Waals surface area (Å²) in [4.78, 5) is 0. The molecule has 1 saturated carbocycles. The van der Waals surface area contributed by atoms with Crippen LogP contribution in [0.25, 0.3) is 0 Å². The fourth-order valence-corrected chi connectivity index (χ4v) is 3.36. The van der Waals surface area contributed by atoms with Crippen LogP contribution in [0.2, 0.25) is 0 Å². The van der Waals surface area contributed by atoms with Crippen LogP contribution in [0, 0.1) is 11.8 Å². The Morgan fingerprint density at radius 1 is 1.32 bits per heavy atom. The summed E-state index contributed by atoms with van der Waals surface area (Å²) >= 11 is 0. The zero-order valence-electron chi connectivity index (χ0n) is 12.5. The maximum absolute atomic E-state index is 5.64. The Balaban J connectivity index is 2.17. The van der Waals surface area contributed by atoms with Crippen LogP contribution in [0.4, 0.5) is 0 Å². The zero-order chi connectivity index (χ0) is 13.7. The molecule has 19 heavy (non-hydrogen) atoms. The quantitative estimate of drug-likeness (QED) is 0.870. The molecule has 3 unspecified atom stereocenters. The predicted octanol–water partition coefficient (Wildman–Crippen LogP) is 3.82. The summed E-state index contributed by atoms with van der Waals surface area (Å²) in [7, 11) is 2.06. The monoisotopic (exact) mass is 261 g/mol. The van der Waals surface area contributed by atoms with Gasteiger partial charge in [-0.05, 0) is 68.8 Å². The third kappa shape index (κ3) is 3.73. The third-order valence-electron chi connectivity index (χ3n) is 4.32. The summed E-state index contributed by atoms with van der Waals surface area (Å²) in [6.45, 7) is 6.29. The summed E-state index contributed by atoms with van der Waals surface area (Å²) in [5, 5.41) is 3.36. The highest BCUT2D eigenvalue weighted by molar-refractivity contribution is 5.31. The fourth-order valence-electron chi connectivity index (χ4n) is 3.36. The van der Waals surface area contributed by atoms with E-state index in [-0.39, 0.29) is 0 Å². The first-order valence-electron chi connectivity index (χ1n) is 7.62. The van der Waals surface area contributed by atoms with Gasteiger partial charge in [0, 0.05) is 0 Å². The third-order valence-corrected chi connectivity index (χ3v) is 4.32. The van der Waals surface area contributed by atoms with Crippen LogP contribution in [0.3, 0.4) is 0 Å². The van der Waals surface area contributed by atoms with Crippen molar-refractivity contribution in [1.29, 1.82) is 0 Å². The molecule has 0 aromatic heterocycles. The summed E-state index contributed by atoms with van der Waals surface area (Å²) in [5.74, 6) is 3.30. The molecule has 1 aromatic rings. The summed E-state index contributed by atoms with van der Waals surface area (Å²) in [6.07, 6.45) is 4.02. The van der Waals surface area contributed by atoms with Gasteiger partial charge in [0.2, 0.25) is 0 Å². The molecule has 0 saturated heterocycles. The number of hydrogen-bond donors (Lipinski definition) is 1. The summed E-state index contributed by atoms with van der Waals surface area (Å²) in [5.41, 5.74) is 1.46. The summed E-state index contributed by atoms with van der Waals surface area (Å²) < 4.78 is 5.64. The molecule has 0 aliphatic heterocycles. The lowest BCUT2D eigenvalue weighted by molar-refractivity contribution is 0.244. The molecule has 0 spiro atoms. The van der Waals surface area contributed by atoms with Crippen LogP contribution in [0.1, 0.15) is 44.6 Å². The van der Waals surface area contributed by atoms with Crippen molar-refractivity contribution in [3.05, 3.63) is 29.8 Å². The van der Waals surface area contributed by atoms with Gasteiger partial charge in [0.1, 0.15) is 5.75 Å². The maximum Gasteiger partial charge on any atom is 0.119 e. The largest absolute Gasteiger partial charge is 0.494 e. The first-order valence-corrected chi connectivity index (χ1v) is 7.62. The average molecular weight is 261 g/mol. The smallest absolute Gasteiger partial charge is 0.119 e. The number of ether oxygens (including phenoxy) is 1. The van der Waals surface area contributed by atoms with E-state index in [0.717, 1.165) is 30.7 Å². The van der Waals surface area contributed by atoms with Gasteiger partial charge in [0.25, 0.3) is 0 Å². The minimum atomic E-state index is 0.677. The second-order valence-corrected chi connectivity index (χ2v) is 5.85. The summed E-state index contributed by atoms with van der Waals surface area (Å²) in [6, 6.07) is 8.71. The van der Waals surface area contributed by atoms with E-state index in [0.29, 0.717) is 5.92 Å². The molecule has 1 aliphatic rings. The first kappa shape index (κ1) is 14.4. The van der Waals surface area contributed by atoms with Crippen LogP contribution in [0.5, 0.6) is 5.75 Å². The van der Waals surface area contributed by atoms with Gasteiger partial charge < -0.3 is 10.1 Å². The molecule has 2 rings (SSSR count). The van der Waals surface area contributed by atoms with Gasteiger partial charge >= 0.3 is 0 Å². The van der Waals surface area contributed by atoms with Crippen LogP contribution in [-0.4, -0.2) is 20.2 Å². The Labute approximate surface area is 117 Å². The molecular formula is C17H27NO. The van der Waals surface area contributed by atoms with Crippen LogP contribution < -0.4 is 10.1 Å². The van der Waals surface area contributed by atoms with Gasteiger partial charge in [-0.15, -0.1) is 0 Å². The molecule has 106 valence electrons. The minimum absolute atomic E-state index is 0.677. The number of hydrogen-bond acceptors (Lipinski definition) is 2. The van der Waals surface area contributed by atoms with Gasteiger partial charge in [-0.1, -0.05) is 25.5 Å². The molecule has 0 bridgehead atoms. The number of benzene rings is 1. The second kappa shape index (κ2) is 6.95. The zero-order valence-corrected chi connectivity index (χ0v) is 12.5. The van der Waals surface area contributed by atoms with Crippen molar-refractivity contribution in [3.63, 3.8) is 0 Å². The van der Waals surface area contributed by atoms with Crippen molar-refractivity contribution in [2.75, 3.05) is 20.2 Å². The van der Waals surface area contributed by atoms with E-state index >= 15 is 0 Å². The average Bonchev–Trinajstić information content (AvgIpc) is 2.42. The van der Waals surface area contributed by atoms with Gasteiger partial charge in [-0.3, -0.25) is 0 Å². The Bertz CT molecular complexity index is 391. The fraction of sp³-hybridized carbons (Fsp3) is 0.647. The maximum atomic E-state index is 5.64. The van der Waals surface area contributed by atoms with Crippen molar-refractivity contribution in [1.82, 2.24) is 5.32 Å².